The standard InChI is InChI=1S/C25H22N4O2/c26-13-18-7-9-19(10-8-18)15-28-17-21-12-23(28)25(30)29(16-20-4-3-11-27-14-20)22-5-1-2-6-24(22)31-21/h1-11,14,21,23H,12,15-17H2. The molecule has 0 radical (unpaired) electrons. The van der Waals surface area contributed by atoms with E-state index in [0.717, 1.165) is 22.6 Å². The third kappa shape index (κ3) is 3.88. The quantitative estimate of drug-likeness (QED) is 0.658. The molecule has 2 atom stereocenters. The molecule has 1 amide bonds. The van der Waals surface area contributed by atoms with Crippen molar-refractivity contribution in [3.8, 4) is 11.8 Å². The molecular weight excluding hydrogens is 388 g/mol. The lowest BCUT2D eigenvalue weighted by Gasteiger charge is -2.32. The van der Waals surface area contributed by atoms with Gasteiger partial charge < -0.3 is 9.64 Å². The van der Waals surface area contributed by atoms with Crippen molar-refractivity contribution in [2.24, 2.45) is 0 Å². The van der Waals surface area contributed by atoms with Gasteiger partial charge in [-0.3, -0.25) is 14.7 Å². The molecule has 0 saturated carbocycles. The minimum atomic E-state index is -0.259. The molecule has 1 fully saturated rings. The molecule has 1 saturated heterocycles. The number of hydrogen-bond acceptors (Lipinski definition) is 5. The van der Waals surface area contributed by atoms with Crippen LogP contribution in [-0.2, 0) is 17.9 Å². The van der Waals surface area contributed by atoms with Gasteiger partial charge in [0.2, 0.25) is 5.91 Å². The molecule has 154 valence electrons. The van der Waals surface area contributed by atoms with Gasteiger partial charge in [-0.1, -0.05) is 30.3 Å². The van der Waals surface area contributed by atoms with Crippen LogP contribution in [0.3, 0.4) is 0 Å². The summed E-state index contributed by atoms with van der Waals surface area (Å²) in [6.45, 7) is 1.77. The molecule has 6 nitrogen and oxygen atoms in total. The summed E-state index contributed by atoms with van der Waals surface area (Å²) in [6, 6.07) is 21.0. The number of nitriles is 1. The zero-order valence-electron chi connectivity index (χ0n) is 17.0. The smallest absolute Gasteiger partial charge is 0.244 e. The second kappa shape index (κ2) is 8.21. The van der Waals surface area contributed by atoms with Crippen LogP contribution in [-0.4, -0.2) is 34.5 Å². The van der Waals surface area contributed by atoms with Crippen LogP contribution in [0.4, 0.5) is 5.69 Å². The van der Waals surface area contributed by atoms with Crippen LogP contribution in [0.15, 0.2) is 73.1 Å². The minimum absolute atomic E-state index is 0.0333. The highest BCUT2D eigenvalue weighted by Gasteiger charge is 2.42. The molecule has 6 heteroatoms. The maximum Gasteiger partial charge on any atom is 0.244 e. The van der Waals surface area contributed by atoms with Crippen molar-refractivity contribution in [1.82, 2.24) is 9.88 Å². The summed E-state index contributed by atoms with van der Waals surface area (Å²) >= 11 is 0. The topological polar surface area (TPSA) is 69.5 Å². The van der Waals surface area contributed by atoms with E-state index in [4.69, 9.17) is 10.00 Å². The Balaban J connectivity index is 1.46. The first-order valence-corrected chi connectivity index (χ1v) is 10.4. The Hall–Kier alpha value is -3.69. The van der Waals surface area contributed by atoms with Gasteiger partial charge >= 0.3 is 0 Å². The van der Waals surface area contributed by atoms with Crippen molar-refractivity contribution in [3.05, 3.63) is 89.7 Å². The predicted molar refractivity (Wildman–Crippen MR) is 116 cm³/mol. The first kappa shape index (κ1) is 19.3. The van der Waals surface area contributed by atoms with Gasteiger partial charge in [0.1, 0.15) is 11.9 Å². The maximum atomic E-state index is 13.8. The van der Waals surface area contributed by atoms with E-state index in [-0.39, 0.29) is 18.1 Å². The molecule has 2 unspecified atom stereocenters. The van der Waals surface area contributed by atoms with E-state index in [1.165, 1.54) is 0 Å². The summed E-state index contributed by atoms with van der Waals surface area (Å²) in [7, 11) is 0. The van der Waals surface area contributed by atoms with E-state index < -0.39 is 0 Å². The lowest BCUT2D eigenvalue weighted by Crippen LogP contribution is -2.45. The number of nitrogens with zero attached hydrogens (tertiary/aromatic N) is 4. The molecule has 3 aromatic rings. The van der Waals surface area contributed by atoms with E-state index in [1.54, 1.807) is 12.4 Å². The van der Waals surface area contributed by atoms with Crippen LogP contribution in [0.5, 0.6) is 5.75 Å². The fraction of sp³-hybridized carbons (Fsp3) is 0.240. The Morgan fingerprint density at radius 3 is 2.65 bits per heavy atom. The Morgan fingerprint density at radius 1 is 1.03 bits per heavy atom. The van der Waals surface area contributed by atoms with Gasteiger partial charge in [0.15, 0.2) is 0 Å². The number of fused-ring (bicyclic) bond motifs is 3. The van der Waals surface area contributed by atoms with E-state index >= 15 is 0 Å². The predicted octanol–water partition coefficient (Wildman–Crippen LogP) is 3.52. The molecule has 31 heavy (non-hydrogen) atoms. The van der Waals surface area contributed by atoms with Crippen molar-refractivity contribution in [3.63, 3.8) is 0 Å². The third-order valence-electron chi connectivity index (χ3n) is 5.90. The number of para-hydroxylation sites is 2. The molecule has 0 aliphatic carbocycles. The zero-order valence-corrected chi connectivity index (χ0v) is 17.0. The molecule has 1 aromatic heterocycles. The largest absolute Gasteiger partial charge is 0.487 e. The second-order valence-electron chi connectivity index (χ2n) is 7.98. The van der Waals surface area contributed by atoms with E-state index in [0.29, 0.717) is 31.6 Å². The number of aromatic nitrogens is 1. The van der Waals surface area contributed by atoms with Gasteiger partial charge in [0.05, 0.1) is 29.9 Å². The van der Waals surface area contributed by atoms with Gasteiger partial charge in [0.25, 0.3) is 0 Å². The molecule has 3 heterocycles. The first-order valence-electron chi connectivity index (χ1n) is 10.4. The number of pyridine rings is 1. The Bertz CT molecular complexity index is 1120. The Labute approximate surface area is 181 Å². The minimum Gasteiger partial charge on any atom is -0.487 e. The third-order valence-corrected chi connectivity index (χ3v) is 5.90. The van der Waals surface area contributed by atoms with E-state index in [2.05, 4.69) is 16.0 Å². The second-order valence-corrected chi connectivity index (χ2v) is 7.98. The number of carbonyl (C=O) groups excluding carboxylic acids is 1. The molecule has 0 spiro atoms. The number of carbonyl (C=O) groups is 1. The van der Waals surface area contributed by atoms with Crippen molar-refractivity contribution < 1.29 is 9.53 Å². The summed E-state index contributed by atoms with van der Waals surface area (Å²) in [6.07, 6.45) is 4.15. The monoisotopic (exact) mass is 410 g/mol. The number of amides is 1. The van der Waals surface area contributed by atoms with Gasteiger partial charge in [-0.05, 0) is 41.5 Å². The summed E-state index contributed by atoms with van der Waals surface area (Å²) < 4.78 is 6.35. The molecule has 0 N–H and O–H groups in total. The van der Waals surface area contributed by atoms with Gasteiger partial charge in [-0.15, -0.1) is 0 Å². The number of benzene rings is 2. The van der Waals surface area contributed by atoms with Gasteiger partial charge in [0, 0.05) is 31.9 Å². The average Bonchev–Trinajstić information content (AvgIpc) is 3.21. The number of anilines is 1. The van der Waals surface area contributed by atoms with Crippen LogP contribution < -0.4 is 9.64 Å². The Kier molecular flexibility index (Phi) is 5.11. The highest BCUT2D eigenvalue weighted by molar-refractivity contribution is 5.99. The van der Waals surface area contributed by atoms with Crippen LogP contribution in [0.2, 0.25) is 0 Å². The van der Waals surface area contributed by atoms with Crippen molar-refractivity contribution >= 4 is 11.6 Å². The number of ether oxygens (including phenoxy) is 1. The number of hydrogen-bond donors (Lipinski definition) is 0. The van der Waals surface area contributed by atoms with Gasteiger partial charge in [-0.2, -0.15) is 5.26 Å². The van der Waals surface area contributed by atoms with Crippen molar-refractivity contribution in [1.29, 1.82) is 5.26 Å². The van der Waals surface area contributed by atoms with Crippen molar-refractivity contribution in [2.45, 2.75) is 31.7 Å². The van der Waals surface area contributed by atoms with E-state index in [9.17, 15) is 4.79 Å². The first-order chi connectivity index (χ1) is 15.2. The molecule has 2 aliphatic heterocycles. The van der Waals surface area contributed by atoms with Crippen LogP contribution in [0.1, 0.15) is 23.1 Å². The lowest BCUT2D eigenvalue weighted by molar-refractivity contribution is -0.123. The fourth-order valence-electron chi connectivity index (χ4n) is 4.39. The highest BCUT2D eigenvalue weighted by atomic mass is 16.5. The summed E-state index contributed by atoms with van der Waals surface area (Å²) in [5, 5.41) is 9.04. The summed E-state index contributed by atoms with van der Waals surface area (Å²) in [5.74, 6) is 0.819. The number of rotatable bonds is 4. The molecular formula is C25H22N4O2. The van der Waals surface area contributed by atoms with Gasteiger partial charge in [-0.25, -0.2) is 0 Å². The maximum absolute atomic E-state index is 13.8. The summed E-state index contributed by atoms with van der Waals surface area (Å²) in [5.41, 5.74) is 3.48. The SMILES string of the molecule is N#Cc1ccc(CN2CC3CC2C(=O)N(Cc2cccnc2)c2ccccc2O3)cc1. The lowest BCUT2D eigenvalue weighted by atomic mass is 10.1. The fourth-order valence-corrected chi connectivity index (χ4v) is 4.39. The number of likely N-dealkylation sites (tertiary alicyclic amines) is 1. The normalized spacial score (nSPS) is 20.4. The van der Waals surface area contributed by atoms with Crippen molar-refractivity contribution in [2.75, 3.05) is 11.4 Å². The Morgan fingerprint density at radius 2 is 1.87 bits per heavy atom. The average molecular weight is 410 g/mol. The molecule has 2 aromatic carbocycles. The van der Waals surface area contributed by atoms with Crippen LogP contribution >= 0.6 is 0 Å². The van der Waals surface area contributed by atoms with E-state index in [1.807, 2.05) is 65.6 Å². The van der Waals surface area contributed by atoms with Crippen LogP contribution in [0, 0.1) is 11.3 Å². The molecule has 5 rings (SSSR count). The zero-order chi connectivity index (χ0) is 21.2. The summed E-state index contributed by atoms with van der Waals surface area (Å²) in [4.78, 5) is 22.0. The molecule has 2 bridgehead atoms. The highest BCUT2D eigenvalue weighted by Crippen LogP contribution is 2.37. The molecule has 2 aliphatic rings. The van der Waals surface area contributed by atoms with Crippen LogP contribution in [0.25, 0.3) is 0 Å².